The van der Waals surface area contributed by atoms with Crippen LogP contribution in [0.5, 0.6) is 0 Å². The van der Waals surface area contributed by atoms with Crippen LogP contribution < -0.4 is 0 Å². The van der Waals surface area contributed by atoms with Crippen LogP contribution in [0.25, 0.3) is 0 Å². The lowest BCUT2D eigenvalue weighted by atomic mass is 10.1. The molecule has 1 aromatic heterocycles. The molecule has 78 valence electrons. The first kappa shape index (κ1) is 12.0. The van der Waals surface area contributed by atoms with Crippen LogP contribution in [0.4, 0.5) is 0 Å². The van der Waals surface area contributed by atoms with Gasteiger partial charge < -0.3 is 0 Å². The molecule has 0 aliphatic carbocycles. The normalized spacial score (nSPS) is 10.4. The Hall–Kier alpha value is -0.0800. The quantitative estimate of drug-likeness (QED) is 0.473. The van der Waals surface area contributed by atoms with E-state index in [9.17, 15) is 0 Å². The number of unbranched alkanes of at least 4 members (excludes halogenated alkanes) is 4. The number of halogens is 1. The summed E-state index contributed by atoms with van der Waals surface area (Å²) in [5.41, 5.74) is 0. The minimum absolute atomic E-state index is 1.17. The van der Waals surface area contributed by atoms with Gasteiger partial charge in [-0.05, 0) is 53.7 Å². The van der Waals surface area contributed by atoms with Crippen LogP contribution in [-0.2, 0) is 6.42 Å². The minimum atomic E-state index is 1.17. The zero-order valence-corrected chi connectivity index (χ0v) is 10.9. The van der Waals surface area contributed by atoms with E-state index in [4.69, 9.17) is 0 Å². The molecule has 1 aromatic rings. The van der Waals surface area contributed by atoms with Crippen LogP contribution in [0.1, 0.15) is 37.0 Å². The molecule has 0 bridgehead atoms. The zero-order chi connectivity index (χ0) is 10.2. The molecule has 0 amide bonds. The van der Waals surface area contributed by atoms with Gasteiger partial charge in [0.25, 0.3) is 0 Å². The van der Waals surface area contributed by atoms with Gasteiger partial charge in [-0.25, -0.2) is 0 Å². The maximum atomic E-state index is 3.73. The highest BCUT2D eigenvalue weighted by molar-refractivity contribution is 9.11. The van der Waals surface area contributed by atoms with Crippen molar-refractivity contribution >= 4 is 27.3 Å². The van der Waals surface area contributed by atoms with E-state index in [-0.39, 0.29) is 0 Å². The van der Waals surface area contributed by atoms with Gasteiger partial charge in [0.15, 0.2) is 0 Å². The minimum Gasteiger partial charge on any atom is -0.133 e. The highest BCUT2D eigenvalue weighted by Gasteiger charge is 1.97. The first-order chi connectivity index (χ1) is 6.83. The van der Waals surface area contributed by atoms with Crippen molar-refractivity contribution in [3.05, 3.63) is 33.5 Å². The van der Waals surface area contributed by atoms with E-state index in [0.717, 1.165) is 0 Å². The van der Waals surface area contributed by atoms with E-state index in [2.05, 4.69) is 34.6 Å². The fourth-order valence-electron chi connectivity index (χ4n) is 1.43. The third-order valence-corrected chi connectivity index (χ3v) is 3.89. The standard InChI is InChI=1S/C12H17BrS/c1-2-3-4-5-6-7-8-11-9-10-12(13)14-11/h2,9-10H,1,3-8H2. The monoisotopic (exact) mass is 272 g/mol. The smallest absolute Gasteiger partial charge is 0.0701 e. The first-order valence-electron chi connectivity index (χ1n) is 5.18. The first-order valence-corrected chi connectivity index (χ1v) is 6.79. The van der Waals surface area contributed by atoms with Gasteiger partial charge in [-0.3, -0.25) is 0 Å². The number of hydrogen-bond donors (Lipinski definition) is 0. The van der Waals surface area contributed by atoms with Crippen molar-refractivity contribution in [1.82, 2.24) is 0 Å². The molecule has 0 aliphatic rings. The molecule has 0 saturated carbocycles. The zero-order valence-electron chi connectivity index (χ0n) is 8.47. The molecular formula is C12H17BrS. The van der Waals surface area contributed by atoms with Gasteiger partial charge in [-0.1, -0.05) is 18.9 Å². The summed E-state index contributed by atoms with van der Waals surface area (Å²) in [5.74, 6) is 0. The second-order valence-electron chi connectivity index (χ2n) is 3.45. The molecule has 0 atom stereocenters. The fraction of sp³-hybridized carbons (Fsp3) is 0.500. The van der Waals surface area contributed by atoms with Crippen LogP contribution in [0, 0.1) is 0 Å². The van der Waals surface area contributed by atoms with E-state index < -0.39 is 0 Å². The maximum Gasteiger partial charge on any atom is 0.0701 e. The SMILES string of the molecule is C=CCCCCCCc1ccc(Br)s1. The summed E-state index contributed by atoms with van der Waals surface area (Å²) in [7, 11) is 0. The maximum absolute atomic E-state index is 3.73. The lowest BCUT2D eigenvalue weighted by Gasteiger charge is -1.98. The third-order valence-electron chi connectivity index (χ3n) is 2.21. The molecule has 0 aromatic carbocycles. The Morgan fingerprint density at radius 1 is 1.21 bits per heavy atom. The summed E-state index contributed by atoms with van der Waals surface area (Å²) in [6.45, 7) is 3.73. The molecule has 0 fully saturated rings. The number of aryl methyl sites for hydroxylation is 1. The van der Waals surface area contributed by atoms with Crippen LogP contribution in [0.15, 0.2) is 28.6 Å². The van der Waals surface area contributed by atoms with E-state index in [1.807, 2.05) is 17.4 Å². The number of thiophene rings is 1. The molecule has 0 unspecified atom stereocenters. The summed E-state index contributed by atoms with van der Waals surface area (Å²) in [4.78, 5) is 1.50. The average molecular weight is 273 g/mol. The molecule has 0 N–H and O–H groups in total. The predicted octanol–water partition coefficient (Wildman–Crippen LogP) is 5.19. The van der Waals surface area contributed by atoms with Gasteiger partial charge in [0, 0.05) is 4.88 Å². The van der Waals surface area contributed by atoms with Gasteiger partial charge in [-0.2, -0.15) is 0 Å². The van der Waals surface area contributed by atoms with Gasteiger partial charge in [0.2, 0.25) is 0 Å². The van der Waals surface area contributed by atoms with Crippen molar-refractivity contribution < 1.29 is 0 Å². The highest BCUT2D eigenvalue weighted by atomic mass is 79.9. The Morgan fingerprint density at radius 2 is 2.00 bits per heavy atom. The highest BCUT2D eigenvalue weighted by Crippen LogP contribution is 2.23. The van der Waals surface area contributed by atoms with Crippen LogP contribution >= 0.6 is 27.3 Å². The molecule has 0 spiro atoms. The Bertz CT molecular complexity index is 265. The number of rotatable bonds is 7. The number of hydrogen-bond acceptors (Lipinski definition) is 1. The van der Waals surface area contributed by atoms with Gasteiger partial charge in [0.1, 0.15) is 0 Å². The van der Waals surface area contributed by atoms with Crippen molar-refractivity contribution in [2.75, 3.05) is 0 Å². The Balaban J connectivity index is 2.01. The molecule has 0 aliphatic heterocycles. The van der Waals surface area contributed by atoms with E-state index >= 15 is 0 Å². The molecule has 1 rings (SSSR count). The second kappa shape index (κ2) is 7.24. The van der Waals surface area contributed by atoms with Crippen molar-refractivity contribution in [3.8, 4) is 0 Å². The number of allylic oxidation sites excluding steroid dienone is 1. The largest absolute Gasteiger partial charge is 0.133 e. The summed E-state index contributed by atoms with van der Waals surface area (Å²) in [5, 5.41) is 0. The van der Waals surface area contributed by atoms with Crippen molar-refractivity contribution in [2.45, 2.75) is 38.5 Å². The summed E-state index contributed by atoms with van der Waals surface area (Å²) in [6.07, 6.45) is 9.74. The summed E-state index contributed by atoms with van der Waals surface area (Å²) < 4.78 is 1.25. The van der Waals surface area contributed by atoms with Crippen LogP contribution in [0.2, 0.25) is 0 Å². The van der Waals surface area contributed by atoms with Crippen LogP contribution in [0.3, 0.4) is 0 Å². The summed E-state index contributed by atoms with van der Waals surface area (Å²) >= 11 is 5.34. The second-order valence-corrected chi connectivity index (χ2v) is 5.99. The molecule has 1 heterocycles. The lowest BCUT2D eigenvalue weighted by molar-refractivity contribution is 0.649. The molecule has 0 saturated heterocycles. The van der Waals surface area contributed by atoms with Gasteiger partial charge in [-0.15, -0.1) is 17.9 Å². The molecule has 2 heteroatoms. The Kier molecular flexibility index (Phi) is 6.20. The third kappa shape index (κ3) is 4.97. The van der Waals surface area contributed by atoms with Crippen LogP contribution in [-0.4, -0.2) is 0 Å². The van der Waals surface area contributed by atoms with Crippen molar-refractivity contribution in [2.24, 2.45) is 0 Å². The molecule has 14 heavy (non-hydrogen) atoms. The molecular weight excluding hydrogens is 256 g/mol. The van der Waals surface area contributed by atoms with Crippen molar-refractivity contribution in [1.29, 1.82) is 0 Å². The van der Waals surface area contributed by atoms with Gasteiger partial charge in [0.05, 0.1) is 3.79 Å². The predicted molar refractivity (Wildman–Crippen MR) is 69.0 cm³/mol. The lowest BCUT2D eigenvalue weighted by Crippen LogP contribution is -1.81. The topological polar surface area (TPSA) is 0 Å². The van der Waals surface area contributed by atoms with Crippen molar-refractivity contribution in [3.63, 3.8) is 0 Å². The molecule has 0 radical (unpaired) electrons. The Labute approximate surface area is 99.2 Å². The van der Waals surface area contributed by atoms with E-state index in [0.29, 0.717) is 0 Å². The Morgan fingerprint density at radius 3 is 2.64 bits per heavy atom. The summed E-state index contributed by atoms with van der Waals surface area (Å²) in [6, 6.07) is 4.36. The molecule has 0 nitrogen and oxygen atoms in total. The van der Waals surface area contributed by atoms with E-state index in [1.165, 1.54) is 47.2 Å². The van der Waals surface area contributed by atoms with E-state index in [1.54, 1.807) is 0 Å². The van der Waals surface area contributed by atoms with Gasteiger partial charge >= 0.3 is 0 Å². The average Bonchev–Trinajstić information content (AvgIpc) is 2.58. The fourth-order valence-corrected chi connectivity index (χ4v) is 2.95.